The van der Waals surface area contributed by atoms with E-state index in [4.69, 9.17) is 5.11 Å². The number of hydrogen-bond acceptors (Lipinski definition) is 4. The summed E-state index contributed by atoms with van der Waals surface area (Å²) < 4.78 is 22.5. The van der Waals surface area contributed by atoms with Gasteiger partial charge in [0, 0.05) is 5.33 Å². The number of carboxylic acid groups (broad SMARTS) is 1. The van der Waals surface area contributed by atoms with Crippen molar-refractivity contribution in [3.8, 4) is 0 Å². The molecule has 0 fully saturated rings. The predicted octanol–water partition coefficient (Wildman–Crippen LogP) is 2.09. The van der Waals surface area contributed by atoms with Crippen LogP contribution in [0.15, 0.2) is 0 Å². The van der Waals surface area contributed by atoms with Crippen molar-refractivity contribution in [3.05, 3.63) is 0 Å². The van der Waals surface area contributed by atoms with Crippen LogP contribution in [0.1, 0.15) is 27.2 Å². The van der Waals surface area contributed by atoms with Gasteiger partial charge in [0.1, 0.15) is 5.25 Å². The summed E-state index contributed by atoms with van der Waals surface area (Å²) in [6, 6.07) is 0. The number of alkyl halides is 1. The van der Waals surface area contributed by atoms with Gasteiger partial charge in [-0.2, -0.15) is 0 Å². The van der Waals surface area contributed by atoms with Gasteiger partial charge in [-0.15, -0.1) is 0 Å². The van der Waals surface area contributed by atoms with Crippen LogP contribution in [0.4, 0.5) is 0 Å². The van der Waals surface area contributed by atoms with Crippen molar-refractivity contribution in [2.75, 3.05) is 5.33 Å². The minimum absolute atomic E-state index is 0.287. The fraction of sp³-hybridized carbons (Fsp3) is 0.875. The Hall–Kier alpha value is 0.250. The van der Waals surface area contributed by atoms with Gasteiger partial charge in [0.15, 0.2) is 0 Å². The van der Waals surface area contributed by atoms with Crippen LogP contribution in [-0.4, -0.2) is 34.8 Å². The summed E-state index contributed by atoms with van der Waals surface area (Å²) in [6.07, 6.45) is 0.287. The number of carbonyl (C=O) groups is 1. The van der Waals surface area contributed by atoms with Crippen molar-refractivity contribution in [3.63, 3.8) is 0 Å². The Kier molecular flexibility index (Phi) is 5.63. The summed E-state index contributed by atoms with van der Waals surface area (Å²) in [5.41, 5.74) is 0. The predicted molar refractivity (Wildman–Crippen MR) is 66.1 cm³/mol. The van der Waals surface area contributed by atoms with E-state index in [9.17, 15) is 13.2 Å². The largest absolute Gasteiger partial charge is 0.480 e. The van der Waals surface area contributed by atoms with E-state index in [1.54, 1.807) is 20.8 Å². The summed E-state index contributed by atoms with van der Waals surface area (Å²) >= 11 is 3.10. The zero-order chi connectivity index (χ0) is 12.3. The second-order valence-corrected chi connectivity index (χ2v) is 9.55. The average Bonchev–Trinajstić information content (AvgIpc) is 2.00. The van der Waals surface area contributed by atoms with Gasteiger partial charge in [0.05, 0.1) is 4.75 Å². The van der Waals surface area contributed by atoms with Crippen molar-refractivity contribution >= 4 is 41.6 Å². The molecule has 0 aliphatic rings. The normalized spacial score (nSPS) is 14.9. The lowest BCUT2D eigenvalue weighted by Gasteiger charge is -2.20. The third kappa shape index (κ3) is 4.74. The van der Waals surface area contributed by atoms with Crippen molar-refractivity contribution in [1.29, 1.82) is 0 Å². The molecule has 7 heteroatoms. The Morgan fingerprint density at radius 3 is 2.20 bits per heavy atom. The summed E-state index contributed by atoms with van der Waals surface area (Å²) in [6.45, 7) is 4.67. The molecule has 4 nitrogen and oxygen atoms in total. The molecule has 0 aromatic heterocycles. The molecule has 0 heterocycles. The van der Waals surface area contributed by atoms with Crippen LogP contribution in [0.3, 0.4) is 0 Å². The number of aliphatic carboxylic acids is 1. The Morgan fingerprint density at radius 2 is 1.93 bits per heavy atom. The standard InChI is InChI=1S/C8H15BrO4S2/c1-8(2,3)15(12,13)14-6(4-5-9)7(10)11/h6H,4-5H2,1-3H3,(H,10,11). The summed E-state index contributed by atoms with van der Waals surface area (Å²) in [7, 11) is -2.92. The molecule has 1 unspecified atom stereocenters. The fourth-order valence-electron chi connectivity index (χ4n) is 0.609. The molecule has 15 heavy (non-hydrogen) atoms. The molecule has 90 valence electrons. The summed E-state index contributed by atoms with van der Waals surface area (Å²) in [5.74, 6) is -1.09. The highest BCUT2D eigenvalue weighted by atomic mass is 79.9. The van der Waals surface area contributed by atoms with Gasteiger partial charge in [-0.3, -0.25) is 4.79 Å². The van der Waals surface area contributed by atoms with Crippen molar-refractivity contribution in [1.82, 2.24) is 0 Å². The molecule has 1 atom stereocenters. The first-order valence-corrected chi connectivity index (χ1v) is 8.33. The van der Waals surface area contributed by atoms with Gasteiger partial charge in [-0.1, -0.05) is 15.9 Å². The Bertz CT molecular complexity index is 318. The number of halogens is 1. The first-order valence-electron chi connectivity index (χ1n) is 4.33. The second-order valence-electron chi connectivity index (χ2n) is 3.97. The van der Waals surface area contributed by atoms with Gasteiger partial charge in [0.25, 0.3) is 0 Å². The van der Waals surface area contributed by atoms with Crippen LogP contribution < -0.4 is 0 Å². The molecule has 0 aliphatic heterocycles. The molecule has 0 saturated heterocycles. The molecule has 0 aliphatic carbocycles. The summed E-state index contributed by atoms with van der Waals surface area (Å²) in [5, 5.41) is 8.39. The molecule has 0 radical (unpaired) electrons. The molecular weight excluding hydrogens is 304 g/mol. The maximum absolute atomic E-state index is 11.7. The molecule has 1 N–H and O–H groups in total. The third-order valence-corrected chi connectivity index (χ3v) is 7.48. The number of hydrogen-bond donors (Lipinski definition) is 1. The van der Waals surface area contributed by atoms with Gasteiger partial charge < -0.3 is 5.11 Å². The van der Waals surface area contributed by atoms with E-state index in [1.807, 2.05) is 0 Å². The van der Waals surface area contributed by atoms with Gasteiger partial charge in [0.2, 0.25) is 8.87 Å². The molecule has 0 rings (SSSR count). The first kappa shape index (κ1) is 15.2. The minimum Gasteiger partial charge on any atom is -0.480 e. The van der Waals surface area contributed by atoms with Gasteiger partial charge >= 0.3 is 5.97 Å². The van der Waals surface area contributed by atoms with E-state index >= 15 is 0 Å². The molecule has 0 amide bonds. The van der Waals surface area contributed by atoms with E-state index in [1.165, 1.54) is 0 Å². The zero-order valence-corrected chi connectivity index (χ0v) is 12.1. The SMILES string of the molecule is CC(C)(C)S(=O)(=O)SC(CCBr)C(=O)O. The fourth-order valence-corrected chi connectivity index (χ4v) is 4.58. The highest BCUT2D eigenvalue weighted by Gasteiger charge is 2.34. The van der Waals surface area contributed by atoms with Crippen molar-refractivity contribution in [2.45, 2.75) is 37.2 Å². The van der Waals surface area contributed by atoms with Crippen LogP contribution in [-0.2, 0) is 13.7 Å². The van der Waals surface area contributed by atoms with E-state index in [0.29, 0.717) is 16.1 Å². The molecule has 0 spiro atoms. The first-order chi connectivity index (χ1) is 6.62. The second kappa shape index (κ2) is 5.54. The summed E-state index contributed by atoms with van der Waals surface area (Å²) in [4.78, 5) is 10.8. The van der Waals surface area contributed by atoms with Crippen LogP contribution >= 0.6 is 26.7 Å². The smallest absolute Gasteiger partial charge is 0.317 e. The maximum Gasteiger partial charge on any atom is 0.317 e. The monoisotopic (exact) mass is 318 g/mol. The lowest BCUT2D eigenvalue weighted by Crippen LogP contribution is -2.29. The Morgan fingerprint density at radius 1 is 1.47 bits per heavy atom. The van der Waals surface area contributed by atoms with Crippen LogP contribution in [0.5, 0.6) is 0 Å². The molecule has 0 aromatic rings. The number of carboxylic acids is 1. The highest BCUT2D eigenvalue weighted by Crippen LogP contribution is 2.32. The van der Waals surface area contributed by atoms with E-state index in [0.717, 1.165) is 0 Å². The van der Waals surface area contributed by atoms with Crippen molar-refractivity contribution < 1.29 is 18.3 Å². The molecular formula is C8H15BrO4S2. The van der Waals surface area contributed by atoms with E-state index in [-0.39, 0.29) is 6.42 Å². The van der Waals surface area contributed by atoms with Crippen LogP contribution in [0.2, 0.25) is 0 Å². The maximum atomic E-state index is 11.7. The molecule has 0 aromatic carbocycles. The van der Waals surface area contributed by atoms with Crippen molar-refractivity contribution in [2.24, 2.45) is 0 Å². The zero-order valence-electron chi connectivity index (χ0n) is 8.86. The van der Waals surface area contributed by atoms with E-state index in [2.05, 4.69) is 15.9 Å². The van der Waals surface area contributed by atoms with E-state index < -0.39 is 24.8 Å². The van der Waals surface area contributed by atoms with Crippen LogP contribution in [0.25, 0.3) is 0 Å². The topological polar surface area (TPSA) is 71.4 Å². The number of rotatable bonds is 5. The molecule has 0 saturated carbocycles. The third-order valence-electron chi connectivity index (χ3n) is 1.64. The molecule has 0 bridgehead atoms. The lowest BCUT2D eigenvalue weighted by molar-refractivity contribution is -0.136. The van der Waals surface area contributed by atoms with Gasteiger partial charge in [-0.05, 0) is 38.0 Å². The lowest BCUT2D eigenvalue weighted by atomic mass is 10.3. The average molecular weight is 319 g/mol. The quantitative estimate of drug-likeness (QED) is 0.620. The minimum atomic E-state index is -3.45. The van der Waals surface area contributed by atoms with Crippen LogP contribution in [0, 0.1) is 0 Å². The van der Waals surface area contributed by atoms with Gasteiger partial charge in [-0.25, -0.2) is 8.42 Å². The Balaban J connectivity index is 4.76. The highest BCUT2D eigenvalue weighted by molar-refractivity contribution is 9.09. The Labute approximate surface area is 102 Å².